The van der Waals surface area contributed by atoms with Gasteiger partial charge < -0.3 is 10.4 Å². The van der Waals surface area contributed by atoms with Crippen LogP contribution in [0.2, 0.25) is 5.02 Å². The summed E-state index contributed by atoms with van der Waals surface area (Å²) in [6.07, 6.45) is 3.65. The average Bonchev–Trinajstić information content (AvgIpc) is 3.06. The zero-order chi connectivity index (χ0) is 17.2. The van der Waals surface area contributed by atoms with E-state index in [1.54, 1.807) is 6.07 Å². The predicted molar refractivity (Wildman–Crippen MR) is 93.6 cm³/mol. The van der Waals surface area contributed by atoms with Gasteiger partial charge in [-0.05, 0) is 36.6 Å². The maximum Gasteiger partial charge on any atom is 0.337 e. The van der Waals surface area contributed by atoms with Crippen LogP contribution in [0, 0.1) is 0 Å². The minimum absolute atomic E-state index is 0.0216. The van der Waals surface area contributed by atoms with Crippen molar-refractivity contribution < 1.29 is 14.7 Å². The van der Waals surface area contributed by atoms with Crippen LogP contribution in [0.25, 0.3) is 0 Å². The second-order valence-corrected chi connectivity index (χ2v) is 6.52. The number of hydrogen-bond donors (Lipinski definition) is 2. The number of benzene rings is 2. The van der Waals surface area contributed by atoms with Crippen molar-refractivity contribution in [2.45, 2.75) is 31.1 Å². The van der Waals surface area contributed by atoms with Gasteiger partial charge in [-0.15, -0.1) is 0 Å². The molecule has 0 heterocycles. The molecule has 1 aliphatic rings. The van der Waals surface area contributed by atoms with E-state index in [1.165, 1.54) is 12.1 Å². The molecule has 24 heavy (non-hydrogen) atoms. The number of nitrogens with one attached hydrogen (secondary N) is 1. The van der Waals surface area contributed by atoms with E-state index in [0.717, 1.165) is 31.2 Å². The Morgan fingerprint density at radius 2 is 1.71 bits per heavy atom. The van der Waals surface area contributed by atoms with E-state index in [2.05, 4.69) is 5.32 Å². The summed E-state index contributed by atoms with van der Waals surface area (Å²) in [4.78, 5) is 24.0. The molecule has 2 aromatic rings. The molecule has 4 nitrogen and oxygen atoms in total. The molecule has 3 rings (SSSR count). The lowest BCUT2D eigenvalue weighted by Gasteiger charge is -2.28. The highest BCUT2D eigenvalue weighted by Gasteiger charge is 2.42. The number of carbonyl (C=O) groups is 2. The average molecular weight is 344 g/mol. The zero-order valence-electron chi connectivity index (χ0n) is 13.1. The van der Waals surface area contributed by atoms with Gasteiger partial charge in [0.05, 0.1) is 16.0 Å². The third kappa shape index (κ3) is 3.02. The summed E-state index contributed by atoms with van der Waals surface area (Å²) in [6.45, 7) is 0. The van der Waals surface area contributed by atoms with Gasteiger partial charge in [-0.3, -0.25) is 4.79 Å². The summed E-state index contributed by atoms with van der Waals surface area (Å²) in [5, 5.41) is 12.1. The van der Waals surface area contributed by atoms with Crippen molar-refractivity contribution in [2.75, 3.05) is 5.32 Å². The minimum atomic E-state index is -1.09. The van der Waals surface area contributed by atoms with Crippen LogP contribution < -0.4 is 5.32 Å². The molecule has 0 aliphatic heterocycles. The molecule has 124 valence electrons. The van der Waals surface area contributed by atoms with Crippen LogP contribution in [0.4, 0.5) is 5.69 Å². The van der Waals surface area contributed by atoms with Gasteiger partial charge in [0.25, 0.3) is 0 Å². The molecule has 2 aromatic carbocycles. The minimum Gasteiger partial charge on any atom is -0.478 e. The summed E-state index contributed by atoms with van der Waals surface area (Å²) in [6, 6.07) is 14.3. The lowest BCUT2D eigenvalue weighted by molar-refractivity contribution is -0.121. The van der Waals surface area contributed by atoms with Crippen LogP contribution in [0.15, 0.2) is 48.5 Å². The number of rotatable bonds is 4. The molecule has 0 spiro atoms. The largest absolute Gasteiger partial charge is 0.478 e. The number of hydrogen-bond acceptors (Lipinski definition) is 2. The van der Waals surface area contributed by atoms with Crippen molar-refractivity contribution in [3.05, 3.63) is 64.7 Å². The van der Waals surface area contributed by atoms with Crippen LogP contribution in [0.5, 0.6) is 0 Å². The Hall–Kier alpha value is -2.33. The molecule has 0 bridgehead atoms. The number of amides is 1. The Labute approximate surface area is 145 Å². The molecule has 1 fully saturated rings. The Kier molecular flexibility index (Phi) is 4.58. The van der Waals surface area contributed by atoms with E-state index in [-0.39, 0.29) is 16.5 Å². The standard InChI is InChI=1S/C19H18ClNO3/c20-16-12-14(8-9-15(16)17(22)23)21-18(24)19(10-4-5-11-19)13-6-2-1-3-7-13/h1-3,6-9,12H,4-5,10-11H2,(H,21,24)(H,22,23). The Morgan fingerprint density at radius 3 is 2.29 bits per heavy atom. The first-order valence-corrected chi connectivity index (χ1v) is 8.30. The van der Waals surface area contributed by atoms with Gasteiger partial charge in [0, 0.05) is 5.69 Å². The van der Waals surface area contributed by atoms with Crippen molar-refractivity contribution in [1.29, 1.82) is 0 Å². The number of aromatic carboxylic acids is 1. The van der Waals surface area contributed by atoms with E-state index < -0.39 is 11.4 Å². The van der Waals surface area contributed by atoms with Crippen LogP contribution >= 0.6 is 11.6 Å². The molecule has 0 aromatic heterocycles. The van der Waals surface area contributed by atoms with Crippen LogP contribution in [0.3, 0.4) is 0 Å². The van der Waals surface area contributed by atoms with Crippen LogP contribution in [-0.4, -0.2) is 17.0 Å². The highest BCUT2D eigenvalue weighted by atomic mass is 35.5. The van der Waals surface area contributed by atoms with Crippen molar-refractivity contribution in [3.63, 3.8) is 0 Å². The lowest BCUT2D eigenvalue weighted by atomic mass is 9.78. The van der Waals surface area contributed by atoms with Crippen molar-refractivity contribution in [2.24, 2.45) is 0 Å². The molecule has 5 heteroatoms. The molecular weight excluding hydrogens is 326 g/mol. The fraction of sp³-hybridized carbons (Fsp3) is 0.263. The zero-order valence-corrected chi connectivity index (χ0v) is 13.8. The van der Waals surface area contributed by atoms with E-state index in [0.29, 0.717) is 5.69 Å². The third-order valence-electron chi connectivity index (χ3n) is 4.68. The maximum absolute atomic E-state index is 13.0. The van der Waals surface area contributed by atoms with E-state index >= 15 is 0 Å². The van der Waals surface area contributed by atoms with Crippen molar-refractivity contribution in [3.8, 4) is 0 Å². The van der Waals surface area contributed by atoms with Gasteiger partial charge in [0.1, 0.15) is 0 Å². The first-order valence-electron chi connectivity index (χ1n) is 7.93. The van der Waals surface area contributed by atoms with Crippen LogP contribution in [-0.2, 0) is 10.2 Å². The van der Waals surface area contributed by atoms with Gasteiger partial charge in [0.2, 0.25) is 5.91 Å². The molecule has 2 N–H and O–H groups in total. The maximum atomic E-state index is 13.0. The predicted octanol–water partition coefficient (Wildman–Crippen LogP) is 4.49. The second kappa shape index (κ2) is 6.65. The van der Waals surface area contributed by atoms with Crippen molar-refractivity contribution in [1.82, 2.24) is 0 Å². The Bertz CT molecular complexity index is 767. The molecule has 1 saturated carbocycles. The first kappa shape index (κ1) is 16.5. The summed E-state index contributed by atoms with van der Waals surface area (Å²) in [5.41, 5.74) is 1.03. The molecule has 0 radical (unpaired) electrons. The van der Waals surface area contributed by atoms with Gasteiger partial charge >= 0.3 is 5.97 Å². The Morgan fingerprint density at radius 1 is 1.04 bits per heavy atom. The van der Waals surface area contributed by atoms with E-state index in [4.69, 9.17) is 16.7 Å². The monoisotopic (exact) mass is 343 g/mol. The highest BCUT2D eigenvalue weighted by molar-refractivity contribution is 6.33. The van der Waals surface area contributed by atoms with Gasteiger partial charge in [-0.2, -0.15) is 0 Å². The van der Waals surface area contributed by atoms with Crippen molar-refractivity contribution >= 4 is 29.2 Å². The SMILES string of the molecule is O=C(O)c1ccc(NC(=O)C2(c3ccccc3)CCCC2)cc1Cl. The summed E-state index contributed by atoms with van der Waals surface area (Å²) in [5.74, 6) is -1.15. The molecule has 1 aliphatic carbocycles. The normalized spacial score (nSPS) is 15.9. The smallest absolute Gasteiger partial charge is 0.337 e. The number of carbonyl (C=O) groups excluding carboxylic acids is 1. The second-order valence-electron chi connectivity index (χ2n) is 6.11. The van der Waals surface area contributed by atoms with Gasteiger partial charge in [-0.1, -0.05) is 54.8 Å². The Balaban J connectivity index is 1.88. The molecule has 1 amide bonds. The summed E-state index contributed by atoms with van der Waals surface area (Å²) >= 11 is 5.99. The number of carboxylic acid groups (broad SMARTS) is 1. The quantitative estimate of drug-likeness (QED) is 0.859. The molecule has 0 atom stereocenters. The molecule has 0 unspecified atom stereocenters. The number of halogens is 1. The molecular formula is C19H18ClNO3. The lowest BCUT2D eigenvalue weighted by Crippen LogP contribution is -2.37. The molecule has 0 saturated heterocycles. The van der Waals surface area contributed by atoms with Gasteiger partial charge in [0.15, 0.2) is 0 Å². The topological polar surface area (TPSA) is 66.4 Å². The first-order chi connectivity index (χ1) is 11.5. The fourth-order valence-electron chi connectivity index (χ4n) is 3.40. The van der Waals surface area contributed by atoms with Gasteiger partial charge in [-0.25, -0.2) is 4.79 Å². The third-order valence-corrected chi connectivity index (χ3v) is 4.99. The number of anilines is 1. The highest BCUT2D eigenvalue weighted by Crippen LogP contribution is 2.42. The van der Waals surface area contributed by atoms with Crippen LogP contribution in [0.1, 0.15) is 41.6 Å². The van der Waals surface area contributed by atoms with E-state index in [1.807, 2.05) is 30.3 Å². The summed E-state index contributed by atoms with van der Waals surface area (Å²) in [7, 11) is 0. The summed E-state index contributed by atoms with van der Waals surface area (Å²) < 4.78 is 0. The van der Waals surface area contributed by atoms with E-state index in [9.17, 15) is 9.59 Å². The number of carboxylic acids is 1. The fourth-order valence-corrected chi connectivity index (χ4v) is 3.66.